The molecule has 0 aliphatic carbocycles. The number of hydrogen-bond acceptors (Lipinski definition) is 2. The van der Waals surface area contributed by atoms with Crippen LogP contribution in [0.1, 0.15) is 24.3 Å². The molecule has 3 heteroatoms. The van der Waals surface area contributed by atoms with Gasteiger partial charge in [0.1, 0.15) is 11.9 Å². The van der Waals surface area contributed by atoms with Crippen molar-refractivity contribution in [2.45, 2.75) is 26.1 Å². The first-order valence-electron chi connectivity index (χ1n) is 3.56. The Labute approximate surface area is 65.2 Å². The summed E-state index contributed by atoms with van der Waals surface area (Å²) in [6.07, 6.45) is 0.451. The second-order valence-electron chi connectivity index (χ2n) is 2.67. The molecule has 1 heterocycles. The maximum atomic E-state index is 12.7. The van der Waals surface area contributed by atoms with E-state index in [1.54, 1.807) is 6.07 Å². The summed E-state index contributed by atoms with van der Waals surface area (Å²) in [5.74, 6) is 0.542. The van der Waals surface area contributed by atoms with E-state index in [1.807, 2.05) is 6.92 Å². The fraction of sp³-hybridized carbons (Fsp3) is 0.500. The summed E-state index contributed by atoms with van der Waals surface area (Å²) in [5.41, 5.74) is 6.42. The summed E-state index contributed by atoms with van der Waals surface area (Å²) >= 11 is 0. The first-order valence-corrected chi connectivity index (χ1v) is 3.56. The minimum atomic E-state index is -1.07. The Morgan fingerprint density at radius 1 is 1.64 bits per heavy atom. The fourth-order valence-electron chi connectivity index (χ4n) is 0.935. The molecule has 1 aromatic rings. The smallest absolute Gasteiger partial charge is 0.126 e. The van der Waals surface area contributed by atoms with Crippen LogP contribution in [0.4, 0.5) is 4.39 Å². The average molecular weight is 157 g/mol. The van der Waals surface area contributed by atoms with E-state index in [-0.39, 0.29) is 0 Å². The molecule has 0 saturated carbocycles. The van der Waals surface area contributed by atoms with Crippen LogP contribution in [0.3, 0.4) is 0 Å². The maximum absolute atomic E-state index is 12.7. The molecule has 0 spiro atoms. The van der Waals surface area contributed by atoms with Gasteiger partial charge in [0.2, 0.25) is 0 Å². The van der Waals surface area contributed by atoms with Crippen LogP contribution in [0.15, 0.2) is 16.7 Å². The van der Waals surface area contributed by atoms with Gasteiger partial charge in [-0.1, -0.05) is 0 Å². The zero-order valence-electron chi connectivity index (χ0n) is 6.67. The zero-order chi connectivity index (χ0) is 8.43. The fourth-order valence-corrected chi connectivity index (χ4v) is 0.935. The first kappa shape index (κ1) is 8.27. The molecule has 62 valence electrons. The van der Waals surface area contributed by atoms with E-state index in [2.05, 4.69) is 0 Å². The molecule has 2 atom stereocenters. The summed E-state index contributed by atoms with van der Waals surface area (Å²) in [4.78, 5) is 0. The Morgan fingerprint density at radius 3 is 2.64 bits per heavy atom. The summed E-state index contributed by atoms with van der Waals surface area (Å²) in [7, 11) is 0. The third kappa shape index (κ3) is 1.60. The van der Waals surface area contributed by atoms with Gasteiger partial charge in [-0.3, -0.25) is 0 Å². The Hall–Kier alpha value is -0.830. The molecule has 0 aliphatic heterocycles. The van der Waals surface area contributed by atoms with Gasteiger partial charge in [0.05, 0.1) is 12.3 Å². The summed E-state index contributed by atoms with van der Waals surface area (Å²) in [6, 6.07) is 1.14. The number of rotatable bonds is 2. The molecule has 0 aromatic carbocycles. The van der Waals surface area contributed by atoms with Crippen molar-refractivity contribution in [2.24, 2.45) is 5.73 Å². The highest BCUT2D eigenvalue weighted by Gasteiger charge is 2.18. The van der Waals surface area contributed by atoms with Gasteiger partial charge in [-0.05, 0) is 25.5 Å². The Bertz CT molecular complexity index is 232. The predicted molar refractivity (Wildman–Crippen MR) is 40.9 cm³/mol. The highest BCUT2D eigenvalue weighted by molar-refractivity contribution is 5.18. The van der Waals surface area contributed by atoms with E-state index in [4.69, 9.17) is 10.2 Å². The van der Waals surface area contributed by atoms with Crippen LogP contribution < -0.4 is 5.73 Å². The molecule has 11 heavy (non-hydrogen) atoms. The van der Waals surface area contributed by atoms with Crippen LogP contribution in [0.5, 0.6) is 0 Å². The van der Waals surface area contributed by atoms with Gasteiger partial charge in [-0.2, -0.15) is 0 Å². The Morgan fingerprint density at radius 2 is 2.27 bits per heavy atom. The Kier molecular flexibility index (Phi) is 2.29. The van der Waals surface area contributed by atoms with E-state index in [0.717, 1.165) is 5.56 Å². The molecule has 0 amide bonds. The van der Waals surface area contributed by atoms with Crippen molar-refractivity contribution in [3.05, 3.63) is 23.7 Å². The SMILES string of the molecule is Cc1ccoc1[C@@H](N)C(C)F. The number of alkyl halides is 1. The molecule has 2 nitrogen and oxygen atoms in total. The summed E-state index contributed by atoms with van der Waals surface area (Å²) < 4.78 is 17.7. The number of halogens is 1. The quantitative estimate of drug-likeness (QED) is 0.712. The van der Waals surface area contributed by atoms with Gasteiger partial charge in [0.25, 0.3) is 0 Å². The molecular formula is C8H12FNO. The monoisotopic (exact) mass is 157 g/mol. The second kappa shape index (κ2) is 3.05. The largest absolute Gasteiger partial charge is 0.467 e. The van der Waals surface area contributed by atoms with Gasteiger partial charge < -0.3 is 10.2 Å². The van der Waals surface area contributed by atoms with E-state index >= 15 is 0 Å². The van der Waals surface area contributed by atoms with E-state index < -0.39 is 12.2 Å². The van der Waals surface area contributed by atoms with Gasteiger partial charge >= 0.3 is 0 Å². The number of nitrogens with two attached hydrogens (primary N) is 1. The predicted octanol–water partition coefficient (Wildman–Crippen LogP) is 1.95. The lowest BCUT2D eigenvalue weighted by Crippen LogP contribution is -2.19. The van der Waals surface area contributed by atoms with E-state index in [9.17, 15) is 4.39 Å². The van der Waals surface area contributed by atoms with Crippen molar-refractivity contribution < 1.29 is 8.81 Å². The van der Waals surface area contributed by atoms with Crippen molar-refractivity contribution in [3.8, 4) is 0 Å². The summed E-state index contributed by atoms with van der Waals surface area (Å²) in [6.45, 7) is 3.27. The highest BCUT2D eigenvalue weighted by Crippen LogP contribution is 2.20. The minimum absolute atomic E-state index is 0.542. The standard InChI is InChI=1S/C8H12FNO/c1-5-3-4-11-8(5)7(10)6(2)9/h3-4,6-7H,10H2,1-2H3/t6?,7-/m0/s1. The van der Waals surface area contributed by atoms with Gasteiger partial charge in [0, 0.05) is 0 Å². The van der Waals surface area contributed by atoms with Crippen LogP contribution >= 0.6 is 0 Å². The lowest BCUT2D eigenvalue weighted by atomic mass is 10.1. The van der Waals surface area contributed by atoms with Gasteiger partial charge in [0.15, 0.2) is 0 Å². The molecule has 0 aliphatic rings. The number of furan rings is 1. The molecule has 0 saturated heterocycles. The molecule has 1 rings (SSSR count). The third-order valence-corrected chi connectivity index (χ3v) is 1.70. The maximum Gasteiger partial charge on any atom is 0.126 e. The minimum Gasteiger partial charge on any atom is -0.467 e. The van der Waals surface area contributed by atoms with Gasteiger partial charge in [-0.25, -0.2) is 4.39 Å². The number of hydrogen-bond donors (Lipinski definition) is 1. The lowest BCUT2D eigenvalue weighted by molar-refractivity contribution is 0.280. The molecule has 0 radical (unpaired) electrons. The molecule has 0 bridgehead atoms. The first-order chi connectivity index (χ1) is 5.13. The summed E-state index contributed by atoms with van der Waals surface area (Å²) in [5, 5.41) is 0. The number of aryl methyl sites for hydroxylation is 1. The average Bonchev–Trinajstić information content (AvgIpc) is 2.33. The zero-order valence-corrected chi connectivity index (χ0v) is 6.67. The van der Waals surface area contributed by atoms with Crippen LogP contribution in [0, 0.1) is 6.92 Å². The van der Waals surface area contributed by atoms with Crippen LogP contribution in [-0.4, -0.2) is 6.17 Å². The van der Waals surface area contributed by atoms with Crippen LogP contribution in [-0.2, 0) is 0 Å². The van der Waals surface area contributed by atoms with Crippen LogP contribution in [0.2, 0.25) is 0 Å². The van der Waals surface area contributed by atoms with Crippen molar-refractivity contribution in [1.29, 1.82) is 0 Å². The normalized spacial score (nSPS) is 16.4. The third-order valence-electron chi connectivity index (χ3n) is 1.70. The molecule has 1 aromatic heterocycles. The second-order valence-corrected chi connectivity index (χ2v) is 2.67. The molecular weight excluding hydrogens is 145 g/mol. The van der Waals surface area contributed by atoms with Crippen molar-refractivity contribution in [3.63, 3.8) is 0 Å². The van der Waals surface area contributed by atoms with Crippen LogP contribution in [0.25, 0.3) is 0 Å². The topological polar surface area (TPSA) is 39.2 Å². The van der Waals surface area contributed by atoms with E-state index in [1.165, 1.54) is 13.2 Å². The Balaban J connectivity index is 2.84. The molecule has 0 fully saturated rings. The van der Waals surface area contributed by atoms with Crippen molar-refractivity contribution in [2.75, 3.05) is 0 Å². The molecule has 1 unspecified atom stereocenters. The molecule has 2 N–H and O–H groups in total. The van der Waals surface area contributed by atoms with Crippen molar-refractivity contribution >= 4 is 0 Å². The lowest BCUT2D eigenvalue weighted by Gasteiger charge is -2.10. The van der Waals surface area contributed by atoms with Crippen molar-refractivity contribution in [1.82, 2.24) is 0 Å². The highest BCUT2D eigenvalue weighted by atomic mass is 19.1. The van der Waals surface area contributed by atoms with Gasteiger partial charge in [-0.15, -0.1) is 0 Å². The van der Waals surface area contributed by atoms with E-state index in [0.29, 0.717) is 5.76 Å².